The average Bonchev–Trinajstić information content (AvgIpc) is 3.16. The summed E-state index contributed by atoms with van der Waals surface area (Å²) in [5, 5.41) is 0. The van der Waals surface area contributed by atoms with E-state index in [9.17, 15) is 19.0 Å². The van der Waals surface area contributed by atoms with Crippen molar-refractivity contribution >= 4 is 19.8 Å². The van der Waals surface area contributed by atoms with Crippen LogP contribution in [0.2, 0.25) is 0 Å². The van der Waals surface area contributed by atoms with Crippen LogP contribution < -0.4 is 0 Å². The lowest BCUT2D eigenvalue weighted by Gasteiger charge is -2.19. The second-order valence-electron chi connectivity index (χ2n) is 15.5. The van der Waals surface area contributed by atoms with Gasteiger partial charge in [0.1, 0.15) is 6.61 Å². The Morgan fingerprint density at radius 2 is 0.833 bits per heavy atom. The number of allylic oxidation sites excluding steroid dienone is 2. The van der Waals surface area contributed by atoms with Crippen molar-refractivity contribution in [3.05, 3.63) is 12.2 Å². The Balaban J connectivity index is 3.93. The van der Waals surface area contributed by atoms with E-state index < -0.39 is 26.5 Å². The first kappa shape index (κ1) is 52.8. The SMILES string of the molecule is CCCCCCCCC/C=C\CCCCCCCC(=O)OC(COC(=O)CCCCCCCCCCCCCCCCCCCCC)COP(=O)(O)OC. The molecule has 0 aliphatic carbocycles. The molecule has 0 aromatic heterocycles. The van der Waals surface area contributed by atoms with Crippen molar-refractivity contribution in [3.63, 3.8) is 0 Å². The molecule has 0 bridgehead atoms. The quantitative estimate of drug-likeness (QED) is 0.0282. The summed E-state index contributed by atoms with van der Waals surface area (Å²) in [6.45, 7) is 3.91. The van der Waals surface area contributed by atoms with Crippen molar-refractivity contribution in [1.82, 2.24) is 0 Å². The summed E-state index contributed by atoms with van der Waals surface area (Å²) in [6, 6.07) is 0. The van der Waals surface area contributed by atoms with Gasteiger partial charge in [0, 0.05) is 20.0 Å². The lowest BCUT2D eigenvalue weighted by Crippen LogP contribution is -2.29. The van der Waals surface area contributed by atoms with Crippen LogP contribution in [0.1, 0.15) is 239 Å². The molecule has 0 saturated carbocycles. The molecule has 2 unspecified atom stereocenters. The van der Waals surface area contributed by atoms with Gasteiger partial charge in [0.15, 0.2) is 6.10 Å². The summed E-state index contributed by atoms with van der Waals surface area (Å²) in [4.78, 5) is 34.5. The largest absolute Gasteiger partial charge is 0.472 e. The van der Waals surface area contributed by atoms with E-state index in [1.165, 1.54) is 154 Å². The summed E-state index contributed by atoms with van der Waals surface area (Å²) in [5.41, 5.74) is 0. The first-order valence-corrected chi connectivity index (χ1v) is 24.4. The van der Waals surface area contributed by atoms with Gasteiger partial charge in [0.25, 0.3) is 0 Å². The first-order valence-electron chi connectivity index (χ1n) is 22.9. The highest BCUT2D eigenvalue weighted by Crippen LogP contribution is 2.42. The molecule has 0 rings (SSSR count). The van der Waals surface area contributed by atoms with Crippen LogP contribution in [0.3, 0.4) is 0 Å². The van der Waals surface area contributed by atoms with Crippen LogP contribution in [0.4, 0.5) is 0 Å². The highest BCUT2D eigenvalue weighted by Gasteiger charge is 2.24. The molecule has 8 nitrogen and oxygen atoms in total. The lowest BCUT2D eigenvalue weighted by atomic mass is 10.0. The van der Waals surface area contributed by atoms with Crippen LogP contribution in [0, 0.1) is 0 Å². The summed E-state index contributed by atoms with van der Waals surface area (Å²) in [5.74, 6) is -0.800. The van der Waals surface area contributed by atoms with Crippen LogP contribution in [0.15, 0.2) is 12.2 Å². The molecule has 0 aromatic carbocycles. The maximum Gasteiger partial charge on any atom is 0.472 e. The molecular weight excluding hydrogens is 699 g/mol. The number of carbonyl (C=O) groups excluding carboxylic acids is 2. The van der Waals surface area contributed by atoms with E-state index in [-0.39, 0.29) is 19.0 Å². The predicted molar refractivity (Wildman–Crippen MR) is 226 cm³/mol. The number of phosphoric ester groups is 1. The molecule has 54 heavy (non-hydrogen) atoms. The van der Waals surface area contributed by atoms with Gasteiger partial charge in [-0.15, -0.1) is 0 Å². The Labute approximate surface area is 333 Å². The number of rotatable bonds is 43. The van der Waals surface area contributed by atoms with E-state index >= 15 is 0 Å². The van der Waals surface area contributed by atoms with Crippen LogP contribution in [0.5, 0.6) is 0 Å². The second kappa shape index (κ2) is 41.4. The van der Waals surface area contributed by atoms with E-state index in [1.54, 1.807) is 0 Å². The molecule has 0 heterocycles. The zero-order valence-electron chi connectivity index (χ0n) is 35.6. The van der Waals surface area contributed by atoms with E-state index in [0.717, 1.165) is 58.5 Å². The molecule has 0 saturated heterocycles. The Morgan fingerprint density at radius 3 is 1.20 bits per heavy atom. The number of ether oxygens (including phenoxy) is 2. The van der Waals surface area contributed by atoms with Crippen molar-refractivity contribution in [1.29, 1.82) is 0 Å². The van der Waals surface area contributed by atoms with Crippen molar-refractivity contribution in [3.8, 4) is 0 Å². The van der Waals surface area contributed by atoms with Crippen LogP contribution in [0.25, 0.3) is 0 Å². The molecule has 0 radical (unpaired) electrons. The number of unbranched alkanes of at least 4 members (excludes halogenated alkanes) is 30. The molecule has 9 heteroatoms. The van der Waals surface area contributed by atoms with Gasteiger partial charge in [-0.3, -0.25) is 18.6 Å². The van der Waals surface area contributed by atoms with Gasteiger partial charge in [-0.1, -0.05) is 199 Å². The van der Waals surface area contributed by atoms with Gasteiger partial charge in [-0.25, -0.2) is 4.57 Å². The third kappa shape index (κ3) is 40.5. The van der Waals surface area contributed by atoms with Gasteiger partial charge in [0.2, 0.25) is 0 Å². The number of phosphoric acid groups is 1. The smallest absolute Gasteiger partial charge is 0.462 e. The Kier molecular flexibility index (Phi) is 40.5. The van der Waals surface area contributed by atoms with Crippen molar-refractivity contribution in [2.75, 3.05) is 20.3 Å². The van der Waals surface area contributed by atoms with Gasteiger partial charge >= 0.3 is 19.8 Å². The Morgan fingerprint density at radius 1 is 0.500 bits per heavy atom. The standard InChI is InChI=1S/C45H87O8P/c1-4-6-8-10-12-14-16-18-20-22-23-24-26-27-29-31-33-35-37-39-44(46)51-41-43(42-52-54(48,49)50-3)53-45(47)40-38-36-34-32-30-28-25-21-19-17-15-13-11-9-7-5-2/h21,25,43H,4-20,22-24,26-42H2,1-3H3,(H,48,49)/b25-21-. The van der Waals surface area contributed by atoms with Crippen LogP contribution >= 0.6 is 7.82 Å². The van der Waals surface area contributed by atoms with Crippen LogP contribution in [-0.4, -0.2) is 43.3 Å². The molecule has 0 fully saturated rings. The molecule has 0 amide bonds. The molecule has 320 valence electrons. The van der Waals surface area contributed by atoms with Crippen molar-refractivity contribution in [2.24, 2.45) is 0 Å². The molecule has 0 spiro atoms. The zero-order chi connectivity index (χ0) is 39.6. The maximum atomic E-state index is 12.5. The fourth-order valence-electron chi connectivity index (χ4n) is 6.71. The molecule has 0 aliphatic heterocycles. The third-order valence-electron chi connectivity index (χ3n) is 10.3. The topological polar surface area (TPSA) is 108 Å². The minimum Gasteiger partial charge on any atom is -0.462 e. The summed E-state index contributed by atoms with van der Waals surface area (Å²) < 4.78 is 32.0. The number of hydrogen-bond acceptors (Lipinski definition) is 7. The van der Waals surface area contributed by atoms with E-state index in [0.29, 0.717) is 12.8 Å². The van der Waals surface area contributed by atoms with Gasteiger partial charge in [-0.05, 0) is 38.5 Å². The maximum absolute atomic E-state index is 12.5. The second-order valence-corrected chi connectivity index (χ2v) is 17.1. The predicted octanol–water partition coefficient (Wildman–Crippen LogP) is 14.5. The van der Waals surface area contributed by atoms with Gasteiger partial charge in [0.05, 0.1) is 6.61 Å². The highest BCUT2D eigenvalue weighted by atomic mass is 31.2. The number of esters is 2. The lowest BCUT2D eigenvalue weighted by molar-refractivity contribution is -0.161. The van der Waals surface area contributed by atoms with E-state index in [1.807, 2.05) is 0 Å². The van der Waals surface area contributed by atoms with Crippen LogP contribution in [-0.2, 0) is 32.7 Å². The fraction of sp³-hybridized carbons (Fsp3) is 0.911. The summed E-state index contributed by atoms with van der Waals surface area (Å²) in [6.07, 6.45) is 45.5. The van der Waals surface area contributed by atoms with Crippen molar-refractivity contribution in [2.45, 2.75) is 245 Å². The molecule has 0 aliphatic rings. The fourth-order valence-corrected chi connectivity index (χ4v) is 7.17. The summed E-state index contributed by atoms with van der Waals surface area (Å²) >= 11 is 0. The average molecular weight is 787 g/mol. The van der Waals surface area contributed by atoms with Crippen molar-refractivity contribution < 1.29 is 37.6 Å². The highest BCUT2D eigenvalue weighted by molar-refractivity contribution is 7.47. The molecule has 2 atom stereocenters. The number of hydrogen-bond donors (Lipinski definition) is 1. The Bertz CT molecular complexity index is 895. The van der Waals surface area contributed by atoms with Gasteiger partial charge < -0.3 is 14.4 Å². The Hall–Kier alpha value is -1.21. The molecule has 0 aromatic rings. The molecular formula is C45H87O8P. The number of carbonyl (C=O) groups is 2. The minimum absolute atomic E-state index is 0.222. The monoisotopic (exact) mass is 787 g/mol. The van der Waals surface area contributed by atoms with E-state index in [2.05, 4.69) is 30.5 Å². The normalized spacial score (nSPS) is 13.3. The first-order chi connectivity index (χ1) is 26.3. The van der Waals surface area contributed by atoms with Gasteiger partial charge in [-0.2, -0.15) is 0 Å². The summed E-state index contributed by atoms with van der Waals surface area (Å²) in [7, 11) is -3.19. The van der Waals surface area contributed by atoms with E-state index in [4.69, 9.17) is 14.0 Å². The zero-order valence-corrected chi connectivity index (χ0v) is 36.5. The minimum atomic E-state index is -4.26. The molecule has 1 N–H and O–H groups in total. The third-order valence-corrected chi connectivity index (χ3v) is 11.2.